The summed E-state index contributed by atoms with van der Waals surface area (Å²) in [6, 6.07) is 6.53. The lowest BCUT2D eigenvalue weighted by Crippen LogP contribution is -2.43. The van der Waals surface area contributed by atoms with Gasteiger partial charge in [-0.15, -0.1) is 0 Å². The van der Waals surface area contributed by atoms with E-state index in [-0.39, 0.29) is 11.6 Å². The van der Waals surface area contributed by atoms with Crippen LogP contribution in [0.25, 0.3) is 0 Å². The van der Waals surface area contributed by atoms with Crippen molar-refractivity contribution in [3.8, 4) is 0 Å². The Hall–Kier alpha value is -3.03. The second-order valence-electron chi connectivity index (χ2n) is 5.56. The van der Waals surface area contributed by atoms with E-state index in [0.717, 1.165) is 12.1 Å². The van der Waals surface area contributed by atoms with Crippen molar-refractivity contribution in [3.63, 3.8) is 0 Å². The van der Waals surface area contributed by atoms with Crippen LogP contribution in [-0.4, -0.2) is 24.5 Å². The average molecular weight is 349 g/mol. The maximum absolute atomic E-state index is 13.1. The monoisotopic (exact) mass is 349 g/mol. The predicted octanol–water partition coefficient (Wildman–Crippen LogP) is 3.03. The van der Waals surface area contributed by atoms with Gasteiger partial charge in [-0.2, -0.15) is 0 Å². The minimum atomic E-state index is -0.824. The van der Waals surface area contributed by atoms with E-state index in [1.165, 1.54) is 29.2 Å². The topological polar surface area (TPSA) is 61.4 Å². The molecule has 0 spiro atoms. The number of benzene rings is 2. The number of hydrogen-bond donors (Lipinski definition) is 2. The summed E-state index contributed by atoms with van der Waals surface area (Å²) in [5.41, 5.74) is 0.471. The highest BCUT2D eigenvalue weighted by Crippen LogP contribution is 2.22. The zero-order valence-corrected chi connectivity index (χ0v) is 12.9. The second-order valence-corrected chi connectivity index (χ2v) is 5.56. The van der Waals surface area contributed by atoms with Gasteiger partial charge in [0.05, 0.1) is 0 Å². The molecule has 0 radical (unpaired) electrons. The van der Waals surface area contributed by atoms with Gasteiger partial charge in [0, 0.05) is 24.0 Å². The van der Waals surface area contributed by atoms with E-state index < -0.39 is 29.5 Å². The lowest BCUT2D eigenvalue weighted by atomic mass is 10.2. The highest BCUT2D eigenvalue weighted by molar-refractivity contribution is 6.02. The average Bonchev–Trinajstić information content (AvgIpc) is 2.88. The van der Waals surface area contributed by atoms with E-state index >= 15 is 0 Å². The summed E-state index contributed by atoms with van der Waals surface area (Å²) in [5.74, 6) is -2.40. The number of rotatable bonds is 3. The van der Waals surface area contributed by atoms with E-state index in [2.05, 4.69) is 10.6 Å². The highest BCUT2D eigenvalue weighted by atomic mass is 19.1. The van der Waals surface area contributed by atoms with Crippen molar-refractivity contribution in [2.24, 2.45) is 0 Å². The quantitative estimate of drug-likeness (QED) is 0.895. The number of urea groups is 1. The summed E-state index contributed by atoms with van der Waals surface area (Å²) in [7, 11) is 0. The molecule has 0 aromatic heterocycles. The number of carbonyl (C=O) groups is 2. The Labute approximate surface area is 141 Å². The molecule has 8 heteroatoms. The molecule has 1 aliphatic heterocycles. The molecule has 2 aromatic carbocycles. The number of carbonyl (C=O) groups excluding carboxylic acids is 2. The van der Waals surface area contributed by atoms with E-state index in [0.29, 0.717) is 24.7 Å². The van der Waals surface area contributed by atoms with E-state index in [9.17, 15) is 22.8 Å². The number of hydrogen-bond acceptors (Lipinski definition) is 2. The zero-order valence-electron chi connectivity index (χ0n) is 12.9. The third kappa shape index (κ3) is 3.90. The molecule has 3 amide bonds. The van der Waals surface area contributed by atoms with Crippen molar-refractivity contribution in [2.45, 2.75) is 12.5 Å². The molecule has 0 saturated carbocycles. The number of nitrogens with zero attached hydrogens (tertiary/aromatic N) is 1. The first-order valence-electron chi connectivity index (χ1n) is 7.53. The SMILES string of the molecule is O=C(Nc1cc(F)cc(F)c1)N[C@H]1CCN(c2ccc(F)cc2)C1=O. The molecule has 1 aliphatic rings. The van der Waals surface area contributed by atoms with Crippen molar-refractivity contribution in [3.05, 3.63) is 59.9 Å². The van der Waals surface area contributed by atoms with Crippen LogP contribution in [0.4, 0.5) is 29.3 Å². The van der Waals surface area contributed by atoms with Gasteiger partial charge in [0.1, 0.15) is 23.5 Å². The normalized spacial score (nSPS) is 16.8. The number of nitrogens with one attached hydrogen (secondary N) is 2. The lowest BCUT2D eigenvalue weighted by Gasteiger charge is -2.17. The van der Waals surface area contributed by atoms with E-state index in [1.54, 1.807) is 0 Å². The lowest BCUT2D eigenvalue weighted by molar-refractivity contribution is -0.118. The Kier molecular flexibility index (Phi) is 4.60. The summed E-state index contributed by atoms with van der Waals surface area (Å²) in [5, 5.41) is 4.75. The summed E-state index contributed by atoms with van der Waals surface area (Å²) in [6.07, 6.45) is 0.362. The fourth-order valence-electron chi connectivity index (χ4n) is 2.64. The van der Waals surface area contributed by atoms with Gasteiger partial charge in [-0.05, 0) is 42.8 Å². The first-order valence-corrected chi connectivity index (χ1v) is 7.53. The molecule has 1 fully saturated rings. The van der Waals surface area contributed by atoms with Gasteiger partial charge < -0.3 is 15.5 Å². The van der Waals surface area contributed by atoms with Crippen LogP contribution in [0.1, 0.15) is 6.42 Å². The molecule has 0 unspecified atom stereocenters. The van der Waals surface area contributed by atoms with Gasteiger partial charge in [0.15, 0.2) is 0 Å². The van der Waals surface area contributed by atoms with Crippen LogP contribution >= 0.6 is 0 Å². The van der Waals surface area contributed by atoms with Crippen LogP contribution in [0.3, 0.4) is 0 Å². The predicted molar refractivity (Wildman–Crippen MR) is 85.7 cm³/mol. The fraction of sp³-hybridized carbons (Fsp3) is 0.176. The summed E-state index contributed by atoms with van der Waals surface area (Å²) in [4.78, 5) is 25.7. The van der Waals surface area contributed by atoms with Crippen LogP contribution in [0.15, 0.2) is 42.5 Å². The van der Waals surface area contributed by atoms with Gasteiger partial charge in [-0.1, -0.05) is 0 Å². The summed E-state index contributed by atoms with van der Waals surface area (Å²) in [6.45, 7) is 0.365. The standard InChI is InChI=1S/C17H14F3N3O2/c18-10-1-3-14(4-2-10)23-6-5-15(16(23)24)22-17(25)21-13-8-11(19)7-12(20)9-13/h1-4,7-9,15H,5-6H2,(H2,21,22,25)/t15-/m0/s1. The van der Waals surface area contributed by atoms with Crippen LogP contribution in [-0.2, 0) is 4.79 Å². The number of anilines is 2. The highest BCUT2D eigenvalue weighted by Gasteiger charge is 2.33. The smallest absolute Gasteiger partial charge is 0.319 e. The van der Waals surface area contributed by atoms with Crippen molar-refractivity contribution < 1.29 is 22.8 Å². The van der Waals surface area contributed by atoms with E-state index in [4.69, 9.17) is 0 Å². The third-order valence-electron chi connectivity index (χ3n) is 3.77. The number of amides is 3. The Balaban J connectivity index is 1.62. The Morgan fingerprint density at radius 3 is 2.28 bits per heavy atom. The Bertz CT molecular complexity index is 791. The largest absolute Gasteiger partial charge is 0.326 e. The fourth-order valence-corrected chi connectivity index (χ4v) is 2.64. The first kappa shape index (κ1) is 16.8. The van der Waals surface area contributed by atoms with Crippen molar-refractivity contribution in [1.29, 1.82) is 0 Å². The Morgan fingerprint density at radius 2 is 1.64 bits per heavy atom. The molecule has 130 valence electrons. The van der Waals surface area contributed by atoms with Crippen molar-refractivity contribution >= 4 is 23.3 Å². The molecular formula is C17H14F3N3O2. The molecule has 5 nitrogen and oxygen atoms in total. The molecular weight excluding hydrogens is 335 g/mol. The van der Waals surface area contributed by atoms with Crippen molar-refractivity contribution in [2.75, 3.05) is 16.8 Å². The molecule has 0 bridgehead atoms. The second kappa shape index (κ2) is 6.84. The molecule has 1 atom stereocenters. The van der Waals surface area contributed by atoms with E-state index in [1.807, 2.05) is 0 Å². The minimum Gasteiger partial charge on any atom is -0.326 e. The van der Waals surface area contributed by atoms with Crippen LogP contribution in [0.2, 0.25) is 0 Å². The maximum atomic E-state index is 13.1. The molecule has 2 N–H and O–H groups in total. The third-order valence-corrected chi connectivity index (χ3v) is 3.77. The van der Waals surface area contributed by atoms with Gasteiger partial charge in [0.2, 0.25) is 5.91 Å². The molecule has 1 heterocycles. The number of halogens is 3. The van der Waals surface area contributed by atoms with Gasteiger partial charge >= 0.3 is 6.03 Å². The van der Waals surface area contributed by atoms with Crippen molar-refractivity contribution in [1.82, 2.24) is 5.32 Å². The van der Waals surface area contributed by atoms with Gasteiger partial charge in [0.25, 0.3) is 0 Å². The zero-order chi connectivity index (χ0) is 18.0. The van der Waals surface area contributed by atoms with Crippen LogP contribution in [0, 0.1) is 17.5 Å². The molecule has 3 rings (SSSR count). The molecule has 25 heavy (non-hydrogen) atoms. The van der Waals surface area contributed by atoms with Crippen LogP contribution in [0.5, 0.6) is 0 Å². The first-order chi connectivity index (χ1) is 11.9. The minimum absolute atomic E-state index is 0.0594. The Morgan fingerprint density at radius 1 is 1.00 bits per heavy atom. The maximum Gasteiger partial charge on any atom is 0.319 e. The van der Waals surface area contributed by atoms with Gasteiger partial charge in [-0.25, -0.2) is 18.0 Å². The summed E-state index contributed by atoms with van der Waals surface area (Å²) >= 11 is 0. The summed E-state index contributed by atoms with van der Waals surface area (Å²) < 4.78 is 39.2. The van der Waals surface area contributed by atoms with Gasteiger partial charge in [-0.3, -0.25) is 4.79 Å². The van der Waals surface area contributed by atoms with Crippen LogP contribution < -0.4 is 15.5 Å². The molecule has 2 aromatic rings. The molecule has 1 saturated heterocycles. The molecule has 0 aliphatic carbocycles.